The highest BCUT2D eigenvalue weighted by Gasteiger charge is 2.18. The van der Waals surface area contributed by atoms with E-state index in [2.05, 4.69) is 0 Å². The second-order valence-corrected chi connectivity index (χ2v) is 10.6. The van der Waals surface area contributed by atoms with Gasteiger partial charge in [-0.05, 0) is 59.7 Å². The minimum atomic E-state index is -3.57. The Morgan fingerprint density at radius 3 is 0.900 bits per heavy atom. The van der Waals surface area contributed by atoms with E-state index in [-0.39, 0.29) is 19.6 Å². The molecular formula is C24H18O4S2. The van der Waals surface area contributed by atoms with Crippen molar-refractivity contribution in [2.24, 2.45) is 0 Å². The molecule has 0 aromatic heterocycles. The molecule has 0 unspecified atom stereocenters. The number of sulfone groups is 2. The number of rotatable bonds is 5. The SMILES string of the molecule is O=S(=O)(c1ccccc1)c1ccc(-c2ccc(S(=O)(=O)c3ccccc3)cc2)cc1. The fourth-order valence-electron chi connectivity index (χ4n) is 3.12. The Kier molecular flexibility index (Phi) is 5.28. The Morgan fingerprint density at radius 2 is 0.600 bits per heavy atom. The molecule has 0 amide bonds. The average molecular weight is 435 g/mol. The highest BCUT2D eigenvalue weighted by atomic mass is 32.2. The Morgan fingerprint density at radius 1 is 0.333 bits per heavy atom. The summed E-state index contributed by atoms with van der Waals surface area (Å²) >= 11 is 0. The molecule has 4 aromatic carbocycles. The smallest absolute Gasteiger partial charge is 0.206 e. The van der Waals surface area contributed by atoms with Crippen LogP contribution in [-0.2, 0) is 19.7 Å². The van der Waals surface area contributed by atoms with Crippen molar-refractivity contribution in [3.8, 4) is 11.1 Å². The van der Waals surface area contributed by atoms with Crippen molar-refractivity contribution in [3.63, 3.8) is 0 Å². The largest absolute Gasteiger partial charge is 0.219 e. The van der Waals surface area contributed by atoms with Gasteiger partial charge in [0.1, 0.15) is 0 Å². The molecule has 0 heterocycles. The van der Waals surface area contributed by atoms with Gasteiger partial charge in [-0.25, -0.2) is 16.8 Å². The van der Waals surface area contributed by atoms with E-state index in [1.807, 2.05) is 0 Å². The highest BCUT2D eigenvalue weighted by molar-refractivity contribution is 7.91. The number of hydrogen-bond donors (Lipinski definition) is 0. The van der Waals surface area contributed by atoms with Gasteiger partial charge in [0.25, 0.3) is 0 Å². The van der Waals surface area contributed by atoms with E-state index in [1.165, 1.54) is 0 Å². The van der Waals surface area contributed by atoms with Gasteiger partial charge in [-0.2, -0.15) is 0 Å². The molecule has 0 saturated carbocycles. The minimum Gasteiger partial charge on any atom is -0.219 e. The second kappa shape index (κ2) is 7.89. The third kappa shape index (κ3) is 3.79. The van der Waals surface area contributed by atoms with Crippen LogP contribution in [0.15, 0.2) is 129 Å². The molecule has 0 atom stereocenters. The molecule has 4 rings (SSSR count). The Balaban J connectivity index is 1.62. The van der Waals surface area contributed by atoms with Crippen LogP contribution in [0, 0.1) is 0 Å². The summed E-state index contributed by atoms with van der Waals surface area (Å²) in [6.07, 6.45) is 0. The lowest BCUT2D eigenvalue weighted by Crippen LogP contribution is -2.02. The summed E-state index contributed by atoms with van der Waals surface area (Å²) in [6, 6.07) is 29.7. The summed E-state index contributed by atoms with van der Waals surface area (Å²) in [5.41, 5.74) is 1.59. The minimum absolute atomic E-state index is 0.209. The van der Waals surface area contributed by atoms with Crippen LogP contribution in [0.5, 0.6) is 0 Å². The van der Waals surface area contributed by atoms with Crippen molar-refractivity contribution in [2.75, 3.05) is 0 Å². The molecule has 0 saturated heterocycles. The summed E-state index contributed by atoms with van der Waals surface area (Å²) in [6.45, 7) is 0. The van der Waals surface area contributed by atoms with Crippen molar-refractivity contribution < 1.29 is 16.8 Å². The molecule has 150 valence electrons. The predicted octanol–water partition coefficient (Wildman–Crippen LogP) is 5.02. The summed E-state index contributed by atoms with van der Waals surface area (Å²) < 4.78 is 50.8. The van der Waals surface area contributed by atoms with Crippen molar-refractivity contribution in [1.29, 1.82) is 0 Å². The zero-order chi connectivity index (χ0) is 21.2. The van der Waals surface area contributed by atoms with Crippen LogP contribution in [0.2, 0.25) is 0 Å². The van der Waals surface area contributed by atoms with Crippen molar-refractivity contribution >= 4 is 19.7 Å². The third-order valence-electron chi connectivity index (χ3n) is 4.77. The van der Waals surface area contributed by atoms with E-state index >= 15 is 0 Å². The Labute approximate surface area is 176 Å². The molecule has 0 bridgehead atoms. The van der Waals surface area contributed by atoms with E-state index in [0.717, 1.165) is 11.1 Å². The second-order valence-electron chi connectivity index (χ2n) is 6.68. The molecule has 0 fully saturated rings. The van der Waals surface area contributed by atoms with Gasteiger partial charge in [0.05, 0.1) is 19.6 Å². The van der Waals surface area contributed by atoms with E-state index in [0.29, 0.717) is 0 Å². The lowest BCUT2D eigenvalue weighted by atomic mass is 10.1. The summed E-state index contributed by atoms with van der Waals surface area (Å²) in [7, 11) is -7.15. The summed E-state index contributed by atoms with van der Waals surface area (Å²) in [5, 5.41) is 0. The average Bonchev–Trinajstić information content (AvgIpc) is 2.80. The Hall–Kier alpha value is -3.22. The van der Waals surface area contributed by atoms with Crippen molar-refractivity contribution in [2.45, 2.75) is 19.6 Å². The normalized spacial score (nSPS) is 11.9. The molecule has 0 aliphatic carbocycles. The number of benzene rings is 4. The molecule has 6 heteroatoms. The van der Waals surface area contributed by atoms with Gasteiger partial charge in [0.15, 0.2) is 0 Å². The summed E-state index contributed by atoms with van der Waals surface area (Å²) in [4.78, 5) is 0.905. The zero-order valence-electron chi connectivity index (χ0n) is 15.8. The van der Waals surface area contributed by atoms with E-state index in [1.54, 1.807) is 109 Å². The fourth-order valence-corrected chi connectivity index (χ4v) is 5.69. The van der Waals surface area contributed by atoms with Gasteiger partial charge in [0.2, 0.25) is 19.7 Å². The maximum absolute atomic E-state index is 12.7. The lowest BCUT2D eigenvalue weighted by molar-refractivity contribution is 0.594. The van der Waals surface area contributed by atoms with Crippen LogP contribution in [0.1, 0.15) is 0 Å². The zero-order valence-corrected chi connectivity index (χ0v) is 17.5. The standard InChI is InChI=1S/C24H18O4S2/c25-29(26,21-7-3-1-4-8-21)23-15-11-19(12-16-23)20-13-17-24(18-14-20)30(27,28)22-9-5-2-6-10-22/h1-18H. The lowest BCUT2D eigenvalue weighted by Gasteiger charge is -2.08. The van der Waals surface area contributed by atoms with Gasteiger partial charge in [-0.15, -0.1) is 0 Å². The first-order valence-electron chi connectivity index (χ1n) is 9.20. The molecule has 30 heavy (non-hydrogen) atoms. The van der Waals surface area contributed by atoms with Crippen LogP contribution in [0.3, 0.4) is 0 Å². The summed E-state index contributed by atoms with van der Waals surface area (Å²) in [5.74, 6) is 0. The molecule has 0 radical (unpaired) electrons. The van der Waals surface area contributed by atoms with Gasteiger partial charge in [-0.1, -0.05) is 60.7 Å². The van der Waals surface area contributed by atoms with Crippen molar-refractivity contribution in [1.82, 2.24) is 0 Å². The van der Waals surface area contributed by atoms with Crippen molar-refractivity contribution in [3.05, 3.63) is 109 Å². The van der Waals surface area contributed by atoms with Crippen LogP contribution in [0.25, 0.3) is 11.1 Å². The molecule has 0 aliphatic heterocycles. The topological polar surface area (TPSA) is 68.3 Å². The highest BCUT2D eigenvalue weighted by Crippen LogP contribution is 2.27. The maximum atomic E-state index is 12.7. The molecule has 0 aliphatic rings. The molecule has 4 nitrogen and oxygen atoms in total. The first-order valence-corrected chi connectivity index (χ1v) is 12.2. The quantitative estimate of drug-likeness (QED) is 0.442. The Bertz CT molecular complexity index is 1250. The first kappa shape index (κ1) is 20.1. The molecule has 0 spiro atoms. The van der Waals surface area contributed by atoms with E-state index < -0.39 is 19.7 Å². The molecule has 0 N–H and O–H groups in total. The van der Waals surface area contributed by atoms with Gasteiger partial charge in [-0.3, -0.25) is 0 Å². The number of hydrogen-bond acceptors (Lipinski definition) is 4. The monoisotopic (exact) mass is 434 g/mol. The third-order valence-corrected chi connectivity index (χ3v) is 8.34. The van der Waals surface area contributed by atoms with Gasteiger partial charge in [0, 0.05) is 0 Å². The maximum Gasteiger partial charge on any atom is 0.206 e. The van der Waals surface area contributed by atoms with Crippen LogP contribution in [-0.4, -0.2) is 16.8 Å². The van der Waals surface area contributed by atoms with E-state index in [9.17, 15) is 16.8 Å². The fraction of sp³-hybridized carbons (Fsp3) is 0. The molecule has 4 aromatic rings. The van der Waals surface area contributed by atoms with Crippen LogP contribution in [0.4, 0.5) is 0 Å². The van der Waals surface area contributed by atoms with Crippen LogP contribution >= 0.6 is 0 Å². The molecular weight excluding hydrogens is 416 g/mol. The van der Waals surface area contributed by atoms with Crippen LogP contribution < -0.4 is 0 Å². The first-order chi connectivity index (χ1) is 14.4. The van der Waals surface area contributed by atoms with Gasteiger partial charge < -0.3 is 0 Å². The predicted molar refractivity (Wildman–Crippen MR) is 116 cm³/mol. The van der Waals surface area contributed by atoms with Gasteiger partial charge >= 0.3 is 0 Å². The van der Waals surface area contributed by atoms with E-state index in [4.69, 9.17) is 0 Å².